The van der Waals surface area contributed by atoms with Crippen LogP contribution >= 0.6 is 0 Å². The highest BCUT2D eigenvalue weighted by Crippen LogP contribution is 2.27. The Morgan fingerprint density at radius 3 is 2.89 bits per heavy atom. The van der Waals surface area contributed by atoms with Gasteiger partial charge in [0, 0.05) is 19.0 Å². The van der Waals surface area contributed by atoms with E-state index >= 15 is 0 Å². The number of hydrogen-bond acceptors (Lipinski definition) is 4. The molecule has 0 atom stereocenters. The van der Waals surface area contributed by atoms with Crippen LogP contribution in [0.2, 0.25) is 0 Å². The second-order valence-electron chi connectivity index (χ2n) is 4.84. The summed E-state index contributed by atoms with van der Waals surface area (Å²) in [5, 5.41) is 13.3. The lowest BCUT2D eigenvalue weighted by atomic mass is 9.88. The first-order valence-electron chi connectivity index (χ1n) is 6.42. The predicted octanol–water partition coefficient (Wildman–Crippen LogP) is 1.66. The fourth-order valence-electron chi connectivity index (χ4n) is 2.51. The van der Waals surface area contributed by atoms with Gasteiger partial charge in [-0.3, -0.25) is 0 Å². The average Bonchev–Trinajstić information content (AvgIpc) is 2.89. The molecule has 5 heteroatoms. The SMILES string of the molecule is OCC1CCC(Oc2nccn3nccc23)CC1. The van der Waals surface area contributed by atoms with Crippen LogP contribution in [0.3, 0.4) is 0 Å². The van der Waals surface area contributed by atoms with Crippen LogP contribution in [0.1, 0.15) is 25.7 Å². The minimum Gasteiger partial charge on any atom is -0.473 e. The van der Waals surface area contributed by atoms with Crippen LogP contribution in [0.25, 0.3) is 5.52 Å². The summed E-state index contributed by atoms with van der Waals surface area (Å²) < 4.78 is 7.73. The van der Waals surface area contributed by atoms with Crippen LogP contribution in [0, 0.1) is 5.92 Å². The monoisotopic (exact) mass is 247 g/mol. The lowest BCUT2D eigenvalue weighted by molar-refractivity contribution is 0.101. The Labute approximate surface area is 105 Å². The lowest BCUT2D eigenvalue weighted by Gasteiger charge is -2.27. The van der Waals surface area contributed by atoms with Gasteiger partial charge in [-0.05, 0) is 37.7 Å². The van der Waals surface area contributed by atoms with E-state index in [2.05, 4.69) is 10.1 Å². The number of nitrogens with zero attached hydrogens (tertiary/aromatic N) is 3. The molecule has 0 aromatic carbocycles. The molecule has 0 spiro atoms. The molecule has 2 aromatic heterocycles. The molecule has 5 nitrogen and oxygen atoms in total. The highest BCUT2D eigenvalue weighted by molar-refractivity contribution is 5.54. The van der Waals surface area contributed by atoms with Gasteiger partial charge >= 0.3 is 0 Å². The summed E-state index contributed by atoms with van der Waals surface area (Å²) in [5.41, 5.74) is 0.904. The van der Waals surface area contributed by atoms with E-state index in [4.69, 9.17) is 9.84 Å². The molecule has 1 saturated carbocycles. The third-order valence-electron chi connectivity index (χ3n) is 3.62. The fraction of sp³-hybridized carbons (Fsp3) is 0.538. The van der Waals surface area contributed by atoms with Crippen LogP contribution in [0.15, 0.2) is 24.7 Å². The van der Waals surface area contributed by atoms with Crippen LogP contribution in [0.4, 0.5) is 0 Å². The van der Waals surface area contributed by atoms with Crippen LogP contribution in [0.5, 0.6) is 5.88 Å². The minimum absolute atomic E-state index is 0.210. The van der Waals surface area contributed by atoms with Crippen molar-refractivity contribution in [2.24, 2.45) is 5.92 Å². The summed E-state index contributed by atoms with van der Waals surface area (Å²) >= 11 is 0. The second-order valence-corrected chi connectivity index (χ2v) is 4.84. The molecule has 0 radical (unpaired) electrons. The molecule has 96 valence electrons. The fourth-order valence-corrected chi connectivity index (χ4v) is 2.51. The van der Waals surface area contributed by atoms with E-state index in [1.54, 1.807) is 16.9 Å². The quantitative estimate of drug-likeness (QED) is 0.896. The number of rotatable bonds is 3. The van der Waals surface area contributed by atoms with Gasteiger partial charge in [-0.2, -0.15) is 5.10 Å². The smallest absolute Gasteiger partial charge is 0.240 e. The summed E-state index contributed by atoms with van der Waals surface area (Å²) in [4.78, 5) is 4.28. The number of aromatic nitrogens is 3. The number of aliphatic hydroxyl groups is 1. The van der Waals surface area contributed by atoms with Gasteiger partial charge in [-0.15, -0.1) is 0 Å². The molecule has 3 rings (SSSR count). The van der Waals surface area contributed by atoms with Crippen molar-refractivity contribution >= 4 is 5.52 Å². The Bertz CT molecular complexity index is 518. The van der Waals surface area contributed by atoms with Gasteiger partial charge in [0.25, 0.3) is 0 Å². The highest BCUT2D eigenvalue weighted by atomic mass is 16.5. The Morgan fingerprint density at radius 1 is 1.28 bits per heavy atom. The zero-order valence-electron chi connectivity index (χ0n) is 10.2. The maximum atomic E-state index is 9.12. The minimum atomic E-state index is 0.210. The van der Waals surface area contributed by atoms with Gasteiger partial charge in [-0.25, -0.2) is 9.50 Å². The third-order valence-corrected chi connectivity index (χ3v) is 3.62. The van der Waals surface area contributed by atoms with E-state index < -0.39 is 0 Å². The zero-order chi connectivity index (χ0) is 12.4. The molecule has 2 heterocycles. The first-order chi connectivity index (χ1) is 8.86. The molecular formula is C13H17N3O2. The molecule has 2 aromatic rings. The third kappa shape index (κ3) is 2.18. The summed E-state index contributed by atoms with van der Waals surface area (Å²) in [7, 11) is 0. The van der Waals surface area contributed by atoms with E-state index in [0.29, 0.717) is 18.4 Å². The Morgan fingerprint density at radius 2 is 2.11 bits per heavy atom. The lowest BCUT2D eigenvalue weighted by Crippen LogP contribution is -2.26. The van der Waals surface area contributed by atoms with Crippen molar-refractivity contribution in [2.45, 2.75) is 31.8 Å². The first-order valence-corrected chi connectivity index (χ1v) is 6.42. The maximum Gasteiger partial charge on any atom is 0.240 e. The molecule has 1 fully saturated rings. The average molecular weight is 247 g/mol. The molecule has 0 saturated heterocycles. The summed E-state index contributed by atoms with van der Waals surface area (Å²) in [5.74, 6) is 1.10. The van der Waals surface area contributed by atoms with E-state index in [-0.39, 0.29) is 6.10 Å². The molecule has 0 unspecified atom stereocenters. The predicted molar refractivity (Wildman–Crippen MR) is 66.4 cm³/mol. The topological polar surface area (TPSA) is 59.7 Å². The zero-order valence-corrected chi connectivity index (χ0v) is 10.2. The maximum absolute atomic E-state index is 9.12. The van der Waals surface area contributed by atoms with Gasteiger partial charge in [0.05, 0.1) is 6.20 Å². The van der Waals surface area contributed by atoms with Crippen molar-refractivity contribution in [3.05, 3.63) is 24.7 Å². The van der Waals surface area contributed by atoms with Crippen molar-refractivity contribution in [3.8, 4) is 5.88 Å². The van der Waals surface area contributed by atoms with Crippen molar-refractivity contribution in [1.29, 1.82) is 0 Å². The Hall–Kier alpha value is -1.62. The molecule has 18 heavy (non-hydrogen) atoms. The number of aliphatic hydroxyl groups excluding tert-OH is 1. The Kier molecular flexibility index (Phi) is 3.15. The normalized spacial score (nSPS) is 24.3. The summed E-state index contributed by atoms with van der Waals surface area (Å²) in [6.45, 7) is 0.295. The molecule has 0 bridgehead atoms. The molecule has 0 aliphatic heterocycles. The number of hydrogen-bond donors (Lipinski definition) is 1. The van der Waals surface area contributed by atoms with Crippen molar-refractivity contribution in [3.63, 3.8) is 0 Å². The number of ether oxygens (including phenoxy) is 1. The summed E-state index contributed by atoms with van der Waals surface area (Å²) in [6, 6.07) is 1.90. The van der Waals surface area contributed by atoms with Crippen molar-refractivity contribution in [2.75, 3.05) is 6.61 Å². The van der Waals surface area contributed by atoms with Gasteiger partial charge in [0.15, 0.2) is 0 Å². The second kappa shape index (κ2) is 4.94. The number of fused-ring (bicyclic) bond motifs is 1. The molecule has 1 aliphatic carbocycles. The van der Waals surface area contributed by atoms with Crippen LogP contribution < -0.4 is 4.74 Å². The molecular weight excluding hydrogens is 230 g/mol. The van der Waals surface area contributed by atoms with Crippen molar-refractivity contribution in [1.82, 2.24) is 14.6 Å². The van der Waals surface area contributed by atoms with E-state index in [1.807, 2.05) is 12.3 Å². The van der Waals surface area contributed by atoms with E-state index in [9.17, 15) is 0 Å². The standard InChI is InChI=1S/C13H17N3O2/c17-9-10-1-3-11(4-2-10)18-13-12-5-6-15-16(12)8-7-14-13/h5-8,10-11,17H,1-4,9H2. The van der Waals surface area contributed by atoms with Crippen molar-refractivity contribution < 1.29 is 9.84 Å². The highest BCUT2D eigenvalue weighted by Gasteiger charge is 2.22. The molecule has 0 amide bonds. The van der Waals surface area contributed by atoms with Crippen LogP contribution in [-0.2, 0) is 0 Å². The first kappa shape index (κ1) is 11.5. The van der Waals surface area contributed by atoms with Gasteiger partial charge in [-0.1, -0.05) is 0 Å². The summed E-state index contributed by atoms with van der Waals surface area (Å²) in [6.07, 6.45) is 9.50. The van der Waals surface area contributed by atoms with E-state index in [0.717, 1.165) is 31.2 Å². The molecule has 1 aliphatic rings. The van der Waals surface area contributed by atoms with Gasteiger partial charge in [0.1, 0.15) is 11.6 Å². The largest absolute Gasteiger partial charge is 0.473 e. The van der Waals surface area contributed by atoms with Crippen LogP contribution in [-0.4, -0.2) is 32.4 Å². The Balaban J connectivity index is 1.71. The van der Waals surface area contributed by atoms with Gasteiger partial charge in [0.2, 0.25) is 5.88 Å². The van der Waals surface area contributed by atoms with E-state index in [1.165, 1.54) is 0 Å². The van der Waals surface area contributed by atoms with Gasteiger partial charge < -0.3 is 9.84 Å². The molecule has 1 N–H and O–H groups in total.